The highest BCUT2D eigenvalue weighted by Crippen LogP contribution is 2.26. The second-order valence-electron chi connectivity index (χ2n) is 6.65. The minimum Gasteiger partial charge on any atom is -0.439 e. The SMILES string of the molecule is Cc1cccc(Oc2ccc(NC(=O)C(N)C3CCOCC3)cn2)c1C.Cl.Cl. The van der Waals surface area contributed by atoms with Gasteiger partial charge in [0.15, 0.2) is 0 Å². The molecule has 0 bridgehead atoms. The smallest absolute Gasteiger partial charge is 0.241 e. The Morgan fingerprint density at radius 1 is 1.21 bits per heavy atom. The fraction of sp³-hybridized carbons (Fsp3) is 0.400. The van der Waals surface area contributed by atoms with Crippen LogP contribution < -0.4 is 15.8 Å². The molecule has 0 aliphatic carbocycles. The van der Waals surface area contributed by atoms with Gasteiger partial charge in [-0.3, -0.25) is 4.79 Å². The highest BCUT2D eigenvalue weighted by molar-refractivity contribution is 5.94. The van der Waals surface area contributed by atoms with E-state index < -0.39 is 6.04 Å². The summed E-state index contributed by atoms with van der Waals surface area (Å²) in [5.74, 6) is 1.21. The van der Waals surface area contributed by atoms with Crippen LogP contribution in [0.4, 0.5) is 5.69 Å². The van der Waals surface area contributed by atoms with Crippen LogP contribution in [0.15, 0.2) is 36.5 Å². The molecule has 1 fully saturated rings. The van der Waals surface area contributed by atoms with Gasteiger partial charge in [-0.15, -0.1) is 24.8 Å². The van der Waals surface area contributed by atoms with Crippen LogP contribution in [0.2, 0.25) is 0 Å². The predicted molar refractivity (Wildman–Crippen MR) is 115 cm³/mol. The Hall–Kier alpha value is -1.86. The Balaban J connectivity index is 0.00000196. The van der Waals surface area contributed by atoms with Crippen molar-refractivity contribution in [3.8, 4) is 11.6 Å². The van der Waals surface area contributed by atoms with Crippen molar-refractivity contribution in [1.82, 2.24) is 4.98 Å². The van der Waals surface area contributed by atoms with E-state index in [1.807, 2.05) is 32.0 Å². The van der Waals surface area contributed by atoms with Gasteiger partial charge in [0, 0.05) is 19.3 Å². The third-order valence-electron chi connectivity index (χ3n) is 4.85. The van der Waals surface area contributed by atoms with Gasteiger partial charge in [-0.25, -0.2) is 4.98 Å². The van der Waals surface area contributed by atoms with Crippen molar-refractivity contribution in [1.29, 1.82) is 0 Å². The Morgan fingerprint density at radius 3 is 2.57 bits per heavy atom. The summed E-state index contributed by atoms with van der Waals surface area (Å²) >= 11 is 0. The van der Waals surface area contributed by atoms with E-state index in [-0.39, 0.29) is 36.6 Å². The van der Waals surface area contributed by atoms with E-state index in [1.165, 1.54) is 0 Å². The number of rotatable bonds is 5. The first-order valence-electron chi connectivity index (χ1n) is 8.89. The number of pyridine rings is 1. The number of benzene rings is 1. The van der Waals surface area contributed by atoms with Crippen LogP contribution in [0.25, 0.3) is 0 Å². The molecule has 1 aromatic heterocycles. The number of carbonyl (C=O) groups excluding carboxylic acids is 1. The van der Waals surface area contributed by atoms with E-state index in [4.69, 9.17) is 15.2 Å². The van der Waals surface area contributed by atoms with Gasteiger partial charge in [0.2, 0.25) is 11.8 Å². The molecular weight excluding hydrogens is 401 g/mol. The summed E-state index contributed by atoms with van der Waals surface area (Å²) in [4.78, 5) is 16.6. The number of nitrogens with zero attached hydrogens (tertiary/aromatic N) is 1. The Morgan fingerprint density at radius 2 is 1.93 bits per heavy atom. The average Bonchev–Trinajstić information content (AvgIpc) is 2.67. The molecule has 0 spiro atoms. The fourth-order valence-electron chi connectivity index (χ4n) is 2.98. The monoisotopic (exact) mass is 427 g/mol. The molecule has 3 rings (SSSR count). The number of nitrogens with one attached hydrogen (secondary N) is 1. The molecule has 1 unspecified atom stereocenters. The maximum absolute atomic E-state index is 12.3. The molecule has 6 nitrogen and oxygen atoms in total. The molecular formula is C20H27Cl2N3O3. The van der Waals surface area contributed by atoms with Gasteiger partial charge in [-0.1, -0.05) is 12.1 Å². The molecule has 1 amide bonds. The average molecular weight is 428 g/mol. The van der Waals surface area contributed by atoms with E-state index in [9.17, 15) is 4.79 Å². The van der Waals surface area contributed by atoms with Gasteiger partial charge in [0.1, 0.15) is 5.75 Å². The topological polar surface area (TPSA) is 86.5 Å². The minimum atomic E-state index is -0.537. The van der Waals surface area contributed by atoms with Crippen LogP contribution in [0, 0.1) is 19.8 Å². The quantitative estimate of drug-likeness (QED) is 0.751. The molecule has 1 aromatic carbocycles. The molecule has 3 N–H and O–H groups in total. The second-order valence-corrected chi connectivity index (χ2v) is 6.65. The number of aryl methyl sites for hydroxylation is 1. The second kappa shape index (κ2) is 11.2. The van der Waals surface area contributed by atoms with Gasteiger partial charge < -0.3 is 20.5 Å². The summed E-state index contributed by atoms with van der Waals surface area (Å²) in [6, 6.07) is 8.86. The van der Waals surface area contributed by atoms with Gasteiger partial charge in [0.05, 0.1) is 17.9 Å². The zero-order valence-corrected chi connectivity index (χ0v) is 17.6. The van der Waals surface area contributed by atoms with Crippen LogP contribution in [0.3, 0.4) is 0 Å². The zero-order valence-electron chi connectivity index (χ0n) is 16.0. The zero-order chi connectivity index (χ0) is 18.5. The molecule has 1 aliphatic heterocycles. The third kappa shape index (κ3) is 6.07. The Bertz CT molecular complexity index is 766. The standard InChI is InChI=1S/C20H25N3O3.2ClH/c1-13-4-3-5-17(14(13)2)26-18-7-6-16(12-22-18)23-20(24)19(21)15-8-10-25-11-9-15;;/h3-7,12,15,19H,8-11,21H2,1-2H3,(H,23,24);2*1H. The van der Waals surface area contributed by atoms with Crippen molar-refractivity contribution in [2.45, 2.75) is 32.7 Å². The number of nitrogens with two attached hydrogens (primary N) is 1. The highest BCUT2D eigenvalue weighted by Gasteiger charge is 2.26. The molecule has 0 radical (unpaired) electrons. The maximum Gasteiger partial charge on any atom is 0.241 e. The largest absolute Gasteiger partial charge is 0.439 e. The summed E-state index contributed by atoms with van der Waals surface area (Å²) in [6.45, 7) is 5.38. The van der Waals surface area contributed by atoms with Crippen molar-refractivity contribution in [2.24, 2.45) is 11.7 Å². The lowest BCUT2D eigenvalue weighted by Crippen LogP contribution is -2.44. The number of amides is 1. The van der Waals surface area contributed by atoms with Crippen molar-refractivity contribution in [3.05, 3.63) is 47.7 Å². The van der Waals surface area contributed by atoms with Crippen molar-refractivity contribution >= 4 is 36.4 Å². The lowest BCUT2D eigenvalue weighted by molar-refractivity contribution is -0.119. The molecule has 8 heteroatoms. The molecule has 2 heterocycles. The maximum atomic E-state index is 12.3. The van der Waals surface area contributed by atoms with E-state index in [1.54, 1.807) is 18.3 Å². The Kier molecular flexibility index (Phi) is 9.69. The summed E-state index contributed by atoms with van der Waals surface area (Å²) in [5.41, 5.74) is 8.93. The summed E-state index contributed by atoms with van der Waals surface area (Å²) in [5, 5.41) is 2.83. The van der Waals surface area contributed by atoms with Gasteiger partial charge in [-0.2, -0.15) is 0 Å². The normalized spacial score (nSPS) is 15.0. The van der Waals surface area contributed by atoms with Crippen molar-refractivity contribution in [3.63, 3.8) is 0 Å². The molecule has 1 atom stereocenters. The lowest BCUT2D eigenvalue weighted by atomic mass is 9.92. The first-order valence-corrected chi connectivity index (χ1v) is 8.89. The number of aromatic nitrogens is 1. The van der Waals surface area contributed by atoms with E-state index in [0.717, 1.165) is 29.7 Å². The van der Waals surface area contributed by atoms with Gasteiger partial charge >= 0.3 is 0 Å². The van der Waals surface area contributed by atoms with Crippen LogP contribution in [0.1, 0.15) is 24.0 Å². The summed E-state index contributed by atoms with van der Waals surface area (Å²) in [6.07, 6.45) is 3.21. The minimum absolute atomic E-state index is 0. The van der Waals surface area contributed by atoms with Gasteiger partial charge in [-0.05, 0) is 55.9 Å². The number of ether oxygens (including phenoxy) is 2. The number of carbonyl (C=O) groups is 1. The van der Waals surface area contributed by atoms with Crippen LogP contribution in [-0.4, -0.2) is 30.1 Å². The molecule has 154 valence electrons. The molecule has 0 saturated carbocycles. The van der Waals surface area contributed by atoms with E-state index >= 15 is 0 Å². The highest BCUT2D eigenvalue weighted by atomic mass is 35.5. The molecule has 1 aliphatic rings. The lowest BCUT2D eigenvalue weighted by Gasteiger charge is -2.26. The Labute approximate surface area is 178 Å². The number of hydrogen-bond donors (Lipinski definition) is 2. The molecule has 1 saturated heterocycles. The van der Waals surface area contributed by atoms with E-state index in [0.29, 0.717) is 24.8 Å². The first-order chi connectivity index (χ1) is 12.5. The van der Waals surface area contributed by atoms with Crippen molar-refractivity contribution in [2.75, 3.05) is 18.5 Å². The first kappa shape index (κ1) is 24.2. The molecule has 2 aromatic rings. The summed E-state index contributed by atoms with van der Waals surface area (Å²) in [7, 11) is 0. The molecule has 28 heavy (non-hydrogen) atoms. The third-order valence-corrected chi connectivity index (χ3v) is 4.85. The predicted octanol–water partition coefficient (Wildman–Crippen LogP) is 4.03. The van der Waals surface area contributed by atoms with Crippen LogP contribution >= 0.6 is 24.8 Å². The van der Waals surface area contributed by atoms with Crippen LogP contribution in [0.5, 0.6) is 11.6 Å². The summed E-state index contributed by atoms with van der Waals surface area (Å²) < 4.78 is 11.1. The number of halogens is 2. The fourth-order valence-corrected chi connectivity index (χ4v) is 2.98. The van der Waals surface area contributed by atoms with Gasteiger partial charge in [0.25, 0.3) is 0 Å². The van der Waals surface area contributed by atoms with E-state index in [2.05, 4.69) is 10.3 Å². The number of anilines is 1. The van der Waals surface area contributed by atoms with Crippen LogP contribution in [-0.2, 0) is 9.53 Å². The number of hydrogen-bond acceptors (Lipinski definition) is 5. The van der Waals surface area contributed by atoms with Crippen molar-refractivity contribution < 1.29 is 14.3 Å².